The molecule has 2 spiro atoms. The number of ether oxygens (including phenoxy) is 1. The van der Waals surface area contributed by atoms with Gasteiger partial charge in [-0.1, -0.05) is 0 Å². The lowest BCUT2D eigenvalue weighted by molar-refractivity contribution is -0.141. The number of methoxy groups -OCH3 is 1. The predicted octanol–water partition coefficient (Wildman–Crippen LogP) is 1.63. The van der Waals surface area contributed by atoms with Gasteiger partial charge in [-0.25, -0.2) is 0 Å². The predicted molar refractivity (Wildman–Crippen MR) is 108 cm³/mol. The highest BCUT2D eigenvalue weighted by molar-refractivity contribution is 5.94. The fourth-order valence-corrected chi connectivity index (χ4v) is 5.55. The van der Waals surface area contributed by atoms with Gasteiger partial charge in [0, 0.05) is 57.7 Å². The summed E-state index contributed by atoms with van der Waals surface area (Å²) in [6.45, 7) is 4.66. The van der Waals surface area contributed by atoms with Crippen LogP contribution in [0.2, 0.25) is 0 Å². The van der Waals surface area contributed by atoms with Crippen molar-refractivity contribution in [3.05, 3.63) is 29.8 Å². The summed E-state index contributed by atoms with van der Waals surface area (Å²) in [7, 11) is 3.45. The molecule has 0 aliphatic carbocycles. The van der Waals surface area contributed by atoms with E-state index >= 15 is 0 Å². The third kappa shape index (κ3) is 2.98. The van der Waals surface area contributed by atoms with E-state index in [1.807, 2.05) is 16.8 Å². The summed E-state index contributed by atoms with van der Waals surface area (Å²) >= 11 is 0. The molecule has 0 saturated carbocycles. The Morgan fingerprint density at radius 2 is 1.62 bits per heavy atom. The molecule has 156 valence electrons. The number of amides is 3. The normalized spacial score (nSPS) is 25.9. The van der Waals surface area contributed by atoms with Crippen LogP contribution in [0.4, 0.5) is 0 Å². The van der Waals surface area contributed by atoms with Crippen molar-refractivity contribution in [3.63, 3.8) is 0 Å². The number of piperidine rings is 1. The van der Waals surface area contributed by atoms with Crippen molar-refractivity contribution >= 4 is 17.7 Å². The molecule has 0 bridgehead atoms. The number of carbonyl (C=O) groups excluding carboxylic acids is 3. The molecule has 7 nitrogen and oxygen atoms in total. The lowest BCUT2D eigenvalue weighted by atomic mass is 9.60. The maximum Gasteiger partial charge on any atom is 0.253 e. The molecule has 0 radical (unpaired) electrons. The summed E-state index contributed by atoms with van der Waals surface area (Å²) < 4.78 is 5.17. The number of hydrogen-bond acceptors (Lipinski definition) is 4. The highest BCUT2D eigenvalue weighted by Crippen LogP contribution is 2.57. The van der Waals surface area contributed by atoms with Gasteiger partial charge in [0.15, 0.2) is 0 Å². The van der Waals surface area contributed by atoms with Crippen molar-refractivity contribution in [2.45, 2.75) is 26.2 Å². The molecule has 0 unspecified atom stereocenters. The second-order valence-electron chi connectivity index (χ2n) is 8.73. The molecule has 7 heteroatoms. The van der Waals surface area contributed by atoms with E-state index in [9.17, 15) is 14.4 Å². The SMILES string of the molecule is COc1ccc(C(=O)N2CCC3(CC2)CN(C(C)=O)C[C@]32CCN(C)C2=O)cc1. The second kappa shape index (κ2) is 7.04. The number of nitrogens with zero attached hydrogens (tertiary/aromatic N) is 3. The summed E-state index contributed by atoms with van der Waals surface area (Å²) in [6, 6.07) is 7.16. The molecule has 3 amide bonds. The van der Waals surface area contributed by atoms with Gasteiger partial charge in [-0.2, -0.15) is 0 Å². The number of carbonyl (C=O) groups is 3. The van der Waals surface area contributed by atoms with E-state index in [0.717, 1.165) is 31.6 Å². The van der Waals surface area contributed by atoms with Crippen LogP contribution in [-0.4, -0.2) is 79.3 Å². The van der Waals surface area contributed by atoms with Crippen LogP contribution in [0.15, 0.2) is 24.3 Å². The van der Waals surface area contributed by atoms with Crippen molar-refractivity contribution in [1.29, 1.82) is 0 Å². The molecule has 1 aromatic carbocycles. The van der Waals surface area contributed by atoms with Gasteiger partial charge >= 0.3 is 0 Å². The Labute approximate surface area is 171 Å². The average molecular weight is 399 g/mol. The molecule has 3 aliphatic rings. The standard InChI is InChI=1S/C22H29N3O4/c1-16(26)25-14-21(22(15-25)10-11-23(2)20(22)28)8-12-24(13-9-21)19(27)17-4-6-18(29-3)7-5-17/h4-7H,8-15H2,1-3H3/t22-/m0/s1. The van der Waals surface area contributed by atoms with Crippen LogP contribution in [0.1, 0.15) is 36.5 Å². The Bertz CT molecular complexity index is 829. The molecule has 1 atom stereocenters. The zero-order chi connectivity index (χ0) is 20.8. The number of fused-ring (bicyclic) bond motifs is 1. The van der Waals surface area contributed by atoms with Gasteiger partial charge in [0.05, 0.1) is 12.5 Å². The van der Waals surface area contributed by atoms with Crippen LogP contribution in [-0.2, 0) is 9.59 Å². The molecule has 3 fully saturated rings. The fourth-order valence-electron chi connectivity index (χ4n) is 5.55. The van der Waals surface area contributed by atoms with Gasteiger partial charge in [0.25, 0.3) is 5.91 Å². The van der Waals surface area contributed by atoms with Crippen LogP contribution in [0, 0.1) is 10.8 Å². The van der Waals surface area contributed by atoms with Gasteiger partial charge in [-0.3, -0.25) is 14.4 Å². The van der Waals surface area contributed by atoms with Gasteiger partial charge < -0.3 is 19.4 Å². The zero-order valence-electron chi connectivity index (χ0n) is 17.4. The van der Waals surface area contributed by atoms with Gasteiger partial charge in [-0.15, -0.1) is 0 Å². The van der Waals surface area contributed by atoms with E-state index in [1.165, 1.54) is 0 Å². The van der Waals surface area contributed by atoms with Gasteiger partial charge in [0.2, 0.25) is 11.8 Å². The number of likely N-dealkylation sites (tertiary alicyclic amines) is 3. The van der Waals surface area contributed by atoms with E-state index in [1.54, 1.807) is 43.2 Å². The molecule has 0 N–H and O–H groups in total. The average Bonchev–Trinajstić information content (AvgIpc) is 3.21. The smallest absolute Gasteiger partial charge is 0.253 e. The van der Waals surface area contributed by atoms with Crippen LogP contribution in [0.3, 0.4) is 0 Å². The number of benzene rings is 1. The van der Waals surface area contributed by atoms with Crippen molar-refractivity contribution in [1.82, 2.24) is 14.7 Å². The minimum Gasteiger partial charge on any atom is -0.497 e. The topological polar surface area (TPSA) is 70.2 Å². The first-order valence-corrected chi connectivity index (χ1v) is 10.3. The Kier molecular flexibility index (Phi) is 4.79. The summed E-state index contributed by atoms with van der Waals surface area (Å²) in [4.78, 5) is 43.8. The van der Waals surface area contributed by atoms with Crippen molar-refractivity contribution in [2.24, 2.45) is 10.8 Å². The van der Waals surface area contributed by atoms with Crippen molar-refractivity contribution < 1.29 is 19.1 Å². The lowest BCUT2D eigenvalue weighted by Gasteiger charge is -2.46. The first-order chi connectivity index (χ1) is 13.8. The molecular formula is C22H29N3O4. The molecule has 3 heterocycles. The van der Waals surface area contributed by atoms with E-state index in [2.05, 4.69) is 0 Å². The second-order valence-corrected chi connectivity index (χ2v) is 8.73. The summed E-state index contributed by atoms with van der Waals surface area (Å²) in [5, 5.41) is 0. The third-order valence-electron chi connectivity index (χ3n) is 7.39. The highest BCUT2D eigenvalue weighted by atomic mass is 16.5. The summed E-state index contributed by atoms with van der Waals surface area (Å²) in [5.41, 5.74) is -0.0928. The molecule has 0 aromatic heterocycles. The van der Waals surface area contributed by atoms with Crippen LogP contribution < -0.4 is 4.74 Å². The summed E-state index contributed by atoms with van der Waals surface area (Å²) in [6.07, 6.45) is 2.29. The van der Waals surface area contributed by atoms with Gasteiger partial charge in [0.1, 0.15) is 5.75 Å². The molecule has 4 rings (SSSR count). The minimum atomic E-state index is -0.497. The monoisotopic (exact) mass is 399 g/mol. The number of hydrogen-bond donors (Lipinski definition) is 0. The maximum absolute atomic E-state index is 13.2. The Morgan fingerprint density at radius 1 is 0.966 bits per heavy atom. The van der Waals surface area contributed by atoms with E-state index < -0.39 is 5.41 Å². The fraction of sp³-hybridized carbons (Fsp3) is 0.591. The molecule has 1 aromatic rings. The number of rotatable bonds is 2. The van der Waals surface area contributed by atoms with Gasteiger partial charge in [-0.05, 0) is 43.5 Å². The Balaban J connectivity index is 1.53. The molecule has 29 heavy (non-hydrogen) atoms. The largest absolute Gasteiger partial charge is 0.497 e. The van der Waals surface area contributed by atoms with E-state index in [-0.39, 0.29) is 23.1 Å². The van der Waals surface area contributed by atoms with E-state index in [0.29, 0.717) is 31.7 Å². The Morgan fingerprint density at radius 3 is 2.14 bits per heavy atom. The quantitative estimate of drug-likeness (QED) is 0.758. The summed E-state index contributed by atoms with van der Waals surface area (Å²) in [5.74, 6) is 0.921. The lowest BCUT2D eigenvalue weighted by Crippen LogP contribution is -2.53. The van der Waals surface area contributed by atoms with Crippen LogP contribution in [0.25, 0.3) is 0 Å². The van der Waals surface area contributed by atoms with Crippen LogP contribution >= 0.6 is 0 Å². The zero-order valence-corrected chi connectivity index (χ0v) is 17.4. The Hall–Kier alpha value is -2.57. The van der Waals surface area contributed by atoms with Crippen LogP contribution in [0.5, 0.6) is 5.75 Å². The third-order valence-corrected chi connectivity index (χ3v) is 7.39. The highest BCUT2D eigenvalue weighted by Gasteiger charge is 2.65. The minimum absolute atomic E-state index is 0.00726. The maximum atomic E-state index is 13.2. The van der Waals surface area contributed by atoms with Crippen molar-refractivity contribution in [3.8, 4) is 5.75 Å². The first-order valence-electron chi connectivity index (χ1n) is 10.3. The molecule has 3 saturated heterocycles. The molecular weight excluding hydrogens is 370 g/mol. The van der Waals surface area contributed by atoms with E-state index in [4.69, 9.17) is 4.74 Å². The van der Waals surface area contributed by atoms with Crippen molar-refractivity contribution in [2.75, 3.05) is 46.9 Å². The molecule has 3 aliphatic heterocycles. The first kappa shape index (κ1) is 19.7.